The van der Waals surface area contributed by atoms with Crippen molar-refractivity contribution in [2.75, 3.05) is 20.8 Å². The van der Waals surface area contributed by atoms with Crippen LogP contribution >= 0.6 is 0 Å². The Bertz CT molecular complexity index is 530. The van der Waals surface area contributed by atoms with Crippen LogP contribution in [0.1, 0.15) is 34.1 Å². The number of rotatable bonds is 7. The van der Waals surface area contributed by atoms with Gasteiger partial charge in [-0.05, 0) is 31.1 Å². The van der Waals surface area contributed by atoms with Gasteiger partial charge < -0.3 is 19.3 Å². The highest BCUT2D eigenvalue weighted by atomic mass is 16.5. The van der Waals surface area contributed by atoms with Gasteiger partial charge in [0.25, 0.3) is 0 Å². The molecular formula is C18H28O5. The number of aliphatic hydroxyl groups is 1. The zero-order valence-electron chi connectivity index (χ0n) is 14.9. The smallest absolute Gasteiger partial charge is 0.333 e. The largest absolute Gasteiger partial charge is 0.498 e. The summed E-state index contributed by atoms with van der Waals surface area (Å²) in [6, 6.07) is 0. The van der Waals surface area contributed by atoms with Crippen LogP contribution in [0.4, 0.5) is 0 Å². The van der Waals surface area contributed by atoms with Crippen LogP contribution in [0.5, 0.6) is 0 Å². The molecule has 1 rings (SSSR count). The first-order chi connectivity index (χ1) is 10.6. The van der Waals surface area contributed by atoms with E-state index < -0.39 is 23.1 Å². The summed E-state index contributed by atoms with van der Waals surface area (Å²) in [6.07, 6.45) is 3.61. The third kappa shape index (κ3) is 3.67. The molecule has 5 heteroatoms. The predicted octanol–water partition coefficient (Wildman–Crippen LogP) is 2.76. The van der Waals surface area contributed by atoms with Crippen LogP contribution < -0.4 is 0 Å². The molecule has 0 heterocycles. The summed E-state index contributed by atoms with van der Waals surface area (Å²) in [7, 11) is 3.05. The summed E-state index contributed by atoms with van der Waals surface area (Å²) in [5, 5.41) is 11.3. The second kappa shape index (κ2) is 7.32. The molecule has 0 saturated heterocycles. The minimum Gasteiger partial charge on any atom is -0.498 e. The van der Waals surface area contributed by atoms with E-state index in [2.05, 4.69) is 6.58 Å². The maximum Gasteiger partial charge on any atom is 0.333 e. The Balaban J connectivity index is 3.14. The molecule has 130 valence electrons. The van der Waals surface area contributed by atoms with Gasteiger partial charge in [-0.3, -0.25) is 0 Å². The molecule has 2 unspecified atom stereocenters. The summed E-state index contributed by atoms with van der Waals surface area (Å²) >= 11 is 0. The molecule has 0 radical (unpaired) electrons. The average molecular weight is 324 g/mol. The van der Waals surface area contributed by atoms with Crippen molar-refractivity contribution in [3.8, 4) is 0 Å². The van der Waals surface area contributed by atoms with Crippen molar-refractivity contribution in [3.63, 3.8) is 0 Å². The number of hydrogen-bond acceptors (Lipinski definition) is 5. The maximum absolute atomic E-state index is 11.5. The van der Waals surface area contributed by atoms with Crippen molar-refractivity contribution in [3.05, 3.63) is 35.6 Å². The van der Waals surface area contributed by atoms with E-state index in [0.717, 1.165) is 6.42 Å². The number of esters is 1. The lowest BCUT2D eigenvalue weighted by Gasteiger charge is -2.47. The number of carbonyl (C=O) groups excluding carboxylic acids is 1. The third-order valence-corrected chi connectivity index (χ3v) is 4.58. The van der Waals surface area contributed by atoms with Crippen molar-refractivity contribution >= 4 is 5.97 Å². The van der Waals surface area contributed by atoms with Gasteiger partial charge in [0, 0.05) is 18.1 Å². The van der Waals surface area contributed by atoms with E-state index in [9.17, 15) is 9.90 Å². The Morgan fingerprint density at radius 1 is 1.43 bits per heavy atom. The molecule has 1 N–H and O–H groups in total. The lowest BCUT2D eigenvalue weighted by Crippen LogP contribution is -2.56. The van der Waals surface area contributed by atoms with Crippen molar-refractivity contribution in [2.24, 2.45) is 5.41 Å². The highest BCUT2D eigenvalue weighted by Crippen LogP contribution is 2.46. The quantitative estimate of drug-likeness (QED) is 0.576. The second-order valence-corrected chi connectivity index (χ2v) is 6.47. The van der Waals surface area contributed by atoms with Gasteiger partial charge in [-0.2, -0.15) is 0 Å². The minimum absolute atomic E-state index is 0.0705. The van der Waals surface area contributed by atoms with Gasteiger partial charge in [0.1, 0.15) is 18.5 Å². The van der Waals surface area contributed by atoms with Gasteiger partial charge in [-0.15, -0.1) is 0 Å². The standard InChI is InChI=1S/C18H28O5/c1-8-17(4,5)18(20)14(21-6)9-13(10-15(18)22-7)11-23-16(19)12(2)3/h9-10,14,20H,2,8,11H2,1,3-7H3. The zero-order valence-corrected chi connectivity index (χ0v) is 14.9. The van der Waals surface area contributed by atoms with Crippen molar-refractivity contribution < 1.29 is 24.1 Å². The van der Waals surface area contributed by atoms with E-state index in [4.69, 9.17) is 14.2 Å². The molecule has 1 aliphatic carbocycles. The summed E-state index contributed by atoms with van der Waals surface area (Å²) < 4.78 is 16.1. The number of carbonyl (C=O) groups is 1. The third-order valence-electron chi connectivity index (χ3n) is 4.58. The van der Waals surface area contributed by atoms with Gasteiger partial charge in [0.15, 0.2) is 5.60 Å². The van der Waals surface area contributed by atoms with E-state index in [1.807, 2.05) is 20.8 Å². The first-order valence-electron chi connectivity index (χ1n) is 7.68. The van der Waals surface area contributed by atoms with Gasteiger partial charge in [-0.25, -0.2) is 4.79 Å². The molecule has 0 aliphatic heterocycles. The number of ether oxygens (including phenoxy) is 3. The monoisotopic (exact) mass is 324 g/mol. The Kier molecular flexibility index (Phi) is 6.19. The minimum atomic E-state index is -1.30. The molecule has 0 aromatic heterocycles. The highest BCUT2D eigenvalue weighted by molar-refractivity contribution is 5.87. The lowest BCUT2D eigenvalue weighted by atomic mass is 9.66. The molecule has 23 heavy (non-hydrogen) atoms. The van der Waals surface area contributed by atoms with Gasteiger partial charge in [0.05, 0.1) is 7.11 Å². The van der Waals surface area contributed by atoms with Gasteiger partial charge in [-0.1, -0.05) is 27.4 Å². The summed E-state index contributed by atoms with van der Waals surface area (Å²) in [5.41, 5.74) is -0.719. The van der Waals surface area contributed by atoms with E-state index in [0.29, 0.717) is 16.9 Å². The first-order valence-corrected chi connectivity index (χ1v) is 7.68. The second-order valence-electron chi connectivity index (χ2n) is 6.47. The zero-order chi connectivity index (χ0) is 17.8. The SMILES string of the molecule is C=C(C)C(=O)OCC1=CC(OC)C(O)(C(C)(C)CC)C(OC)=C1. The Morgan fingerprint density at radius 3 is 2.48 bits per heavy atom. The van der Waals surface area contributed by atoms with Crippen LogP contribution in [0.2, 0.25) is 0 Å². The fourth-order valence-electron chi connectivity index (χ4n) is 2.58. The molecule has 0 amide bonds. The van der Waals surface area contributed by atoms with Crippen molar-refractivity contribution in [1.29, 1.82) is 0 Å². The number of methoxy groups -OCH3 is 2. The molecule has 5 nitrogen and oxygen atoms in total. The Morgan fingerprint density at radius 2 is 2.04 bits per heavy atom. The predicted molar refractivity (Wildman–Crippen MR) is 88.8 cm³/mol. The molecule has 0 fully saturated rings. The van der Waals surface area contributed by atoms with Crippen LogP contribution in [0.25, 0.3) is 0 Å². The number of hydrogen-bond donors (Lipinski definition) is 1. The van der Waals surface area contributed by atoms with Crippen molar-refractivity contribution in [2.45, 2.75) is 45.8 Å². The van der Waals surface area contributed by atoms with Crippen LogP contribution in [-0.2, 0) is 19.0 Å². The molecular weight excluding hydrogens is 296 g/mol. The highest BCUT2D eigenvalue weighted by Gasteiger charge is 2.53. The van der Waals surface area contributed by atoms with Crippen molar-refractivity contribution in [1.82, 2.24) is 0 Å². The fourth-order valence-corrected chi connectivity index (χ4v) is 2.58. The van der Waals surface area contributed by atoms with Crippen LogP contribution in [0.15, 0.2) is 35.6 Å². The maximum atomic E-state index is 11.5. The molecule has 0 bridgehead atoms. The molecule has 0 saturated carbocycles. The van der Waals surface area contributed by atoms with E-state index >= 15 is 0 Å². The molecule has 1 aliphatic rings. The summed E-state index contributed by atoms with van der Waals surface area (Å²) in [4.78, 5) is 11.5. The fraction of sp³-hybridized carbons (Fsp3) is 0.611. The first kappa shape index (κ1) is 19.5. The average Bonchev–Trinajstić information content (AvgIpc) is 2.52. The molecule has 0 spiro atoms. The molecule has 2 atom stereocenters. The Hall–Kier alpha value is -1.59. The summed E-state index contributed by atoms with van der Waals surface area (Å²) in [6.45, 7) is 11.1. The van der Waals surface area contributed by atoms with E-state index in [-0.39, 0.29) is 6.61 Å². The van der Waals surface area contributed by atoms with Crippen LogP contribution in [-0.4, -0.2) is 43.6 Å². The normalized spacial score (nSPS) is 24.6. The van der Waals surface area contributed by atoms with Gasteiger partial charge in [0.2, 0.25) is 0 Å². The van der Waals surface area contributed by atoms with Crippen LogP contribution in [0.3, 0.4) is 0 Å². The van der Waals surface area contributed by atoms with E-state index in [1.54, 1.807) is 19.1 Å². The Labute approximate surface area is 138 Å². The lowest BCUT2D eigenvalue weighted by molar-refractivity contribution is -0.144. The topological polar surface area (TPSA) is 65.0 Å². The summed E-state index contributed by atoms with van der Waals surface area (Å²) in [5.74, 6) is -0.0537. The molecule has 0 aromatic rings. The van der Waals surface area contributed by atoms with Crippen LogP contribution in [0, 0.1) is 5.41 Å². The van der Waals surface area contributed by atoms with Gasteiger partial charge >= 0.3 is 5.97 Å². The molecule has 0 aromatic carbocycles. The van der Waals surface area contributed by atoms with E-state index in [1.165, 1.54) is 14.2 Å².